The van der Waals surface area contributed by atoms with Crippen LogP contribution in [0.2, 0.25) is 0 Å². The van der Waals surface area contributed by atoms with Crippen molar-refractivity contribution in [3.8, 4) is 11.5 Å². The average Bonchev–Trinajstić information content (AvgIpc) is 3.58. The first kappa shape index (κ1) is 21.6. The number of anilines is 1. The molecule has 3 aliphatic rings. The number of likely N-dealkylation sites (tertiary alicyclic amines) is 1. The van der Waals surface area contributed by atoms with Gasteiger partial charge in [-0.1, -0.05) is 0 Å². The lowest BCUT2D eigenvalue weighted by atomic mass is 10.0. The van der Waals surface area contributed by atoms with Crippen molar-refractivity contribution in [2.45, 2.75) is 43.8 Å². The van der Waals surface area contributed by atoms with Crippen molar-refractivity contribution in [2.75, 3.05) is 25.5 Å². The fraction of sp³-hybridized carbons (Fsp3) is 0.400. The maximum absolute atomic E-state index is 13.1. The zero-order chi connectivity index (χ0) is 22.8. The van der Waals surface area contributed by atoms with E-state index in [4.69, 9.17) is 14.3 Å². The minimum Gasteiger partial charge on any atom is -0.493 e. The smallest absolute Gasteiger partial charge is 0.321 e. The number of benzene rings is 2. The van der Waals surface area contributed by atoms with Gasteiger partial charge >= 0.3 is 6.03 Å². The van der Waals surface area contributed by atoms with Gasteiger partial charge in [0.2, 0.25) is 0 Å². The second-order valence-electron chi connectivity index (χ2n) is 8.83. The molecule has 1 aliphatic carbocycles. The molecular formula is C25H28FN3O4. The largest absolute Gasteiger partial charge is 0.493 e. The van der Waals surface area contributed by atoms with Gasteiger partial charge in [0.15, 0.2) is 11.5 Å². The van der Waals surface area contributed by atoms with Crippen LogP contribution in [0.5, 0.6) is 11.5 Å². The minimum atomic E-state index is -0.595. The molecule has 1 atom stereocenters. The maximum atomic E-state index is 13.1. The van der Waals surface area contributed by atoms with Crippen molar-refractivity contribution in [1.82, 2.24) is 10.4 Å². The number of carbonyl (C=O) groups excluding carboxylic acids is 1. The quantitative estimate of drug-likeness (QED) is 0.686. The molecule has 2 amide bonds. The van der Waals surface area contributed by atoms with Gasteiger partial charge in [-0.15, -0.1) is 0 Å². The average molecular weight is 454 g/mol. The van der Waals surface area contributed by atoms with Crippen molar-refractivity contribution in [3.63, 3.8) is 0 Å². The first-order valence-electron chi connectivity index (χ1n) is 11.4. The monoisotopic (exact) mass is 453 g/mol. The standard InChI is InChI=1S/C25H28FN3O4/c1-31-22-11-6-17(14-23(22)32-20-4-2-3-5-20)21-15-25(33-28-21)12-13-29(16-25)24(30)27-19-9-7-18(26)8-10-19/h6-11,14-15,20,28H,2-5,12-13,16H2,1H3,(H,27,30). The Morgan fingerprint density at radius 2 is 1.97 bits per heavy atom. The van der Waals surface area contributed by atoms with Gasteiger partial charge in [0, 0.05) is 24.2 Å². The molecule has 2 N–H and O–H groups in total. The summed E-state index contributed by atoms with van der Waals surface area (Å²) < 4.78 is 24.8. The van der Waals surface area contributed by atoms with Crippen LogP contribution in [0.25, 0.3) is 5.70 Å². The molecule has 1 spiro atoms. The van der Waals surface area contributed by atoms with E-state index in [1.807, 2.05) is 24.3 Å². The summed E-state index contributed by atoms with van der Waals surface area (Å²) in [7, 11) is 1.64. The molecule has 0 aromatic heterocycles. The first-order chi connectivity index (χ1) is 16.0. The summed E-state index contributed by atoms with van der Waals surface area (Å²) in [6, 6.07) is 11.3. The summed E-state index contributed by atoms with van der Waals surface area (Å²) in [5.74, 6) is 1.10. The molecule has 0 radical (unpaired) electrons. The number of nitrogens with one attached hydrogen (secondary N) is 2. The van der Waals surface area contributed by atoms with Gasteiger partial charge in [0.05, 0.1) is 25.5 Å². The molecule has 0 bridgehead atoms. The molecule has 2 aliphatic heterocycles. The van der Waals surface area contributed by atoms with Gasteiger partial charge in [-0.2, -0.15) is 0 Å². The van der Waals surface area contributed by atoms with Gasteiger partial charge in [0.1, 0.15) is 11.4 Å². The third kappa shape index (κ3) is 4.61. The highest BCUT2D eigenvalue weighted by molar-refractivity contribution is 5.89. The van der Waals surface area contributed by atoms with Gasteiger partial charge < -0.3 is 19.7 Å². The highest BCUT2D eigenvalue weighted by atomic mass is 19.1. The molecule has 1 unspecified atom stereocenters. The minimum absolute atomic E-state index is 0.227. The number of ether oxygens (including phenoxy) is 2. The Morgan fingerprint density at radius 1 is 1.18 bits per heavy atom. The normalized spacial score (nSPS) is 22.4. The highest BCUT2D eigenvalue weighted by Crippen LogP contribution is 2.38. The molecule has 8 heteroatoms. The van der Waals surface area contributed by atoms with Crippen LogP contribution < -0.4 is 20.3 Å². The number of rotatable bonds is 5. The predicted molar refractivity (Wildman–Crippen MR) is 122 cm³/mol. The zero-order valence-corrected chi connectivity index (χ0v) is 18.6. The molecule has 1 saturated carbocycles. The van der Waals surface area contributed by atoms with E-state index >= 15 is 0 Å². The number of methoxy groups -OCH3 is 1. The fourth-order valence-corrected chi connectivity index (χ4v) is 4.66. The number of hydroxylamine groups is 1. The van der Waals surface area contributed by atoms with Crippen molar-refractivity contribution >= 4 is 17.4 Å². The Hall–Kier alpha value is -3.26. The van der Waals surface area contributed by atoms with Crippen LogP contribution in [0.1, 0.15) is 37.7 Å². The maximum Gasteiger partial charge on any atom is 0.321 e. The van der Waals surface area contributed by atoms with Crippen LogP contribution in [0.15, 0.2) is 48.5 Å². The van der Waals surface area contributed by atoms with E-state index < -0.39 is 5.60 Å². The van der Waals surface area contributed by atoms with Gasteiger partial charge in [-0.25, -0.2) is 9.18 Å². The summed E-state index contributed by atoms with van der Waals surface area (Å²) in [4.78, 5) is 20.3. The zero-order valence-electron chi connectivity index (χ0n) is 18.6. The molecule has 2 aromatic rings. The molecule has 2 heterocycles. The number of urea groups is 1. The Bertz CT molecular complexity index is 1050. The van der Waals surface area contributed by atoms with E-state index in [1.165, 1.54) is 25.0 Å². The van der Waals surface area contributed by atoms with Crippen molar-refractivity contribution in [1.29, 1.82) is 0 Å². The Balaban J connectivity index is 1.28. The summed E-state index contributed by atoms with van der Waals surface area (Å²) in [5.41, 5.74) is 4.78. The number of nitrogens with zero attached hydrogens (tertiary/aromatic N) is 1. The van der Waals surface area contributed by atoms with E-state index in [9.17, 15) is 9.18 Å². The second kappa shape index (κ2) is 8.94. The molecule has 174 valence electrons. The number of carbonyl (C=O) groups is 1. The first-order valence-corrected chi connectivity index (χ1v) is 11.4. The highest BCUT2D eigenvalue weighted by Gasteiger charge is 2.43. The Kier molecular flexibility index (Phi) is 5.85. The van der Waals surface area contributed by atoms with E-state index in [1.54, 1.807) is 24.1 Å². The molecule has 1 saturated heterocycles. The Labute approximate surface area is 192 Å². The van der Waals surface area contributed by atoms with Gasteiger partial charge in [0.25, 0.3) is 0 Å². The molecule has 33 heavy (non-hydrogen) atoms. The second-order valence-corrected chi connectivity index (χ2v) is 8.83. The summed E-state index contributed by atoms with van der Waals surface area (Å²) in [6.45, 7) is 0.968. The lowest BCUT2D eigenvalue weighted by Crippen LogP contribution is -2.38. The SMILES string of the molecule is COc1ccc(C2=CC3(CCN(C(=O)Nc4ccc(F)cc4)C3)ON2)cc1OC1CCCC1. The van der Waals surface area contributed by atoms with Crippen LogP contribution in [-0.2, 0) is 4.84 Å². The Morgan fingerprint density at radius 3 is 2.73 bits per heavy atom. The van der Waals surface area contributed by atoms with Crippen LogP contribution >= 0.6 is 0 Å². The van der Waals surface area contributed by atoms with Crippen molar-refractivity contribution < 1.29 is 23.5 Å². The van der Waals surface area contributed by atoms with E-state index in [-0.39, 0.29) is 18.0 Å². The predicted octanol–water partition coefficient (Wildman–Crippen LogP) is 4.71. The summed E-state index contributed by atoms with van der Waals surface area (Å²) >= 11 is 0. The number of amides is 2. The van der Waals surface area contributed by atoms with Crippen molar-refractivity contribution in [2.24, 2.45) is 0 Å². The molecule has 7 nitrogen and oxygen atoms in total. The number of halogens is 1. The molecular weight excluding hydrogens is 425 g/mol. The van der Waals surface area contributed by atoms with E-state index in [0.717, 1.165) is 29.9 Å². The van der Waals surface area contributed by atoms with E-state index in [0.29, 0.717) is 30.9 Å². The lowest BCUT2D eigenvalue weighted by molar-refractivity contribution is -0.0243. The summed E-state index contributed by atoms with van der Waals surface area (Å²) in [5, 5.41) is 2.81. The molecule has 2 fully saturated rings. The van der Waals surface area contributed by atoms with Crippen LogP contribution in [0.3, 0.4) is 0 Å². The fourth-order valence-electron chi connectivity index (χ4n) is 4.66. The molecule has 5 rings (SSSR count). The van der Waals surface area contributed by atoms with E-state index in [2.05, 4.69) is 10.8 Å². The number of hydrogen-bond donors (Lipinski definition) is 2. The molecule has 2 aromatic carbocycles. The van der Waals surface area contributed by atoms with Gasteiger partial charge in [-0.3, -0.25) is 10.3 Å². The van der Waals surface area contributed by atoms with Crippen LogP contribution in [0.4, 0.5) is 14.9 Å². The topological polar surface area (TPSA) is 72.1 Å². The van der Waals surface area contributed by atoms with Gasteiger partial charge in [-0.05, 0) is 74.2 Å². The third-order valence-electron chi connectivity index (χ3n) is 6.49. The van der Waals surface area contributed by atoms with Crippen LogP contribution in [0, 0.1) is 5.82 Å². The van der Waals surface area contributed by atoms with Crippen LogP contribution in [-0.4, -0.2) is 42.8 Å². The van der Waals surface area contributed by atoms with Crippen molar-refractivity contribution in [3.05, 3.63) is 59.9 Å². The summed E-state index contributed by atoms with van der Waals surface area (Å²) in [6.07, 6.45) is 7.46. The lowest BCUT2D eigenvalue weighted by Gasteiger charge is -2.21. The number of hydrogen-bond acceptors (Lipinski definition) is 5. The third-order valence-corrected chi connectivity index (χ3v) is 6.49.